The number of nitrogens with one attached hydrogen (secondary N) is 1. The van der Waals surface area contributed by atoms with Crippen molar-refractivity contribution in [1.29, 1.82) is 5.26 Å². The predicted molar refractivity (Wildman–Crippen MR) is 110 cm³/mol. The lowest BCUT2D eigenvalue weighted by Gasteiger charge is -2.18. The van der Waals surface area contributed by atoms with E-state index in [1.807, 2.05) is 24.3 Å². The molecule has 2 aromatic carbocycles. The van der Waals surface area contributed by atoms with Crippen molar-refractivity contribution in [3.63, 3.8) is 0 Å². The largest absolute Gasteiger partial charge is 0.384 e. The van der Waals surface area contributed by atoms with Crippen molar-refractivity contribution in [1.82, 2.24) is 9.78 Å². The van der Waals surface area contributed by atoms with Gasteiger partial charge in [0.05, 0.1) is 40.5 Å². The van der Waals surface area contributed by atoms with Crippen LogP contribution in [-0.4, -0.2) is 24.1 Å². The molecule has 0 saturated heterocycles. The lowest BCUT2D eigenvalue weighted by Crippen LogP contribution is -2.28. The summed E-state index contributed by atoms with van der Waals surface area (Å²) in [5, 5.41) is 13.2. The molecule has 3 N–H and O–H groups in total. The number of benzene rings is 2. The Labute approximate surface area is 172 Å². The molecule has 1 aliphatic rings. The minimum absolute atomic E-state index is 0.00163. The van der Waals surface area contributed by atoms with Crippen molar-refractivity contribution in [2.45, 2.75) is 11.3 Å². The second-order valence-electron chi connectivity index (χ2n) is 6.44. The van der Waals surface area contributed by atoms with Gasteiger partial charge in [-0.05, 0) is 36.4 Å². The first-order chi connectivity index (χ1) is 14.4. The average molecular weight is 420 g/mol. The second-order valence-corrected chi connectivity index (χ2v) is 8.13. The Kier molecular flexibility index (Phi) is 4.73. The molecular formula is C20H16N6O3S. The number of nitrogens with two attached hydrogens (primary N) is 1. The molecule has 0 saturated carbocycles. The minimum atomic E-state index is -3.91. The van der Waals surface area contributed by atoms with Gasteiger partial charge in [0, 0.05) is 6.07 Å². The topological polar surface area (TPSA) is 134 Å². The molecule has 0 fully saturated rings. The summed E-state index contributed by atoms with van der Waals surface area (Å²) in [5.74, 6) is -0.00150. The van der Waals surface area contributed by atoms with E-state index in [0.717, 1.165) is 0 Å². The highest BCUT2D eigenvalue weighted by Gasteiger charge is 2.30. The molecule has 1 aliphatic heterocycles. The van der Waals surface area contributed by atoms with Crippen LogP contribution < -0.4 is 15.4 Å². The molecule has 0 unspecified atom stereocenters. The standard InChI is InChI=1S/C20H16N6O3S/c21-13-14-12-19(27)25(20(14)22)15-6-8-17(9-7-15)30(28,29)24-18-10-11-23-26(18)16-4-2-1-3-5-16/h1-11,24H,12,22H2. The SMILES string of the molecule is N#CC1=C(N)N(c2ccc(S(=O)(=O)Nc3ccnn3-c3ccccc3)cc2)C(=O)C1. The average Bonchev–Trinajstić information content (AvgIpc) is 3.31. The number of para-hydroxylation sites is 1. The second kappa shape index (κ2) is 7.38. The van der Waals surface area contributed by atoms with Crippen LogP contribution in [0.1, 0.15) is 6.42 Å². The van der Waals surface area contributed by atoms with E-state index in [-0.39, 0.29) is 34.4 Å². The maximum Gasteiger partial charge on any atom is 0.263 e. The van der Waals surface area contributed by atoms with Crippen LogP contribution in [-0.2, 0) is 14.8 Å². The summed E-state index contributed by atoms with van der Waals surface area (Å²) in [6, 6.07) is 18.2. The molecule has 0 radical (unpaired) electrons. The van der Waals surface area contributed by atoms with Gasteiger partial charge in [0.15, 0.2) is 0 Å². The fourth-order valence-electron chi connectivity index (χ4n) is 3.10. The van der Waals surface area contributed by atoms with Gasteiger partial charge in [-0.2, -0.15) is 10.4 Å². The van der Waals surface area contributed by atoms with E-state index in [4.69, 9.17) is 11.0 Å². The summed E-state index contributed by atoms with van der Waals surface area (Å²) >= 11 is 0. The van der Waals surface area contributed by atoms with Crippen LogP contribution in [0.3, 0.4) is 0 Å². The number of carbonyl (C=O) groups is 1. The molecule has 30 heavy (non-hydrogen) atoms. The van der Waals surface area contributed by atoms with Crippen LogP contribution in [0, 0.1) is 11.3 Å². The molecule has 0 bridgehead atoms. The summed E-state index contributed by atoms with van der Waals surface area (Å²) in [4.78, 5) is 13.3. The van der Waals surface area contributed by atoms with Gasteiger partial charge in [0.1, 0.15) is 11.6 Å². The van der Waals surface area contributed by atoms with Crippen molar-refractivity contribution >= 4 is 27.4 Å². The number of sulfonamides is 1. The van der Waals surface area contributed by atoms with Gasteiger partial charge in [-0.15, -0.1) is 0 Å². The molecule has 0 atom stereocenters. The molecule has 1 amide bonds. The molecule has 3 aromatic rings. The van der Waals surface area contributed by atoms with Gasteiger partial charge < -0.3 is 5.73 Å². The molecule has 10 heteroatoms. The van der Waals surface area contributed by atoms with E-state index in [1.165, 1.54) is 40.0 Å². The number of amides is 1. The molecule has 2 heterocycles. The van der Waals surface area contributed by atoms with E-state index in [0.29, 0.717) is 11.4 Å². The quantitative estimate of drug-likeness (QED) is 0.649. The lowest BCUT2D eigenvalue weighted by atomic mass is 10.2. The Morgan fingerprint density at radius 2 is 1.73 bits per heavy atom. The molecule has 150 valence electrons. The Bertz CT molecular complexity index is 1290. The predicted octanol–water partition coefficient (Wildman–Crippen LogP) is 2.10. The zero-order valence-electron chi connectivity index (χ0n) is 15.6. The maximum absolute atomic E-state index is 12.8. The third-order valence-corrected chi connectivity index (χ3v) is 5.92. The van der Waals surface area contributed by atoms with Gasteiger partial charge in [0.25, 0.3) is 10.0 Å². The first kappa shape index (κ1) is 19.2. The zero-order valence-corrected chi connectivity index (χ0v) is 16.4. The number of aromatic nitrogens is 2. The van der Waals surface area contributed by atoms with Crippen molar-refractivity contribution in [3.8, 4) is 11.8 Å². The van der Waals surface area contributed by atoms with Crippen LogP contribution in [0.15, 0.2) is 83.2 Å². The molecule has 1 aromatic heterocycles. The molecule has 9 nitrogen and oxygen atoms in total. The molecule has 0 aliphatic carbocycles. The summed E-state index contributed by atoms with van der Waals surface area (Å²) in [6.45, 7) is 0. The van der Waals surface area contributed by atoms with Crippen LogP contribution in [0.25, 0.3) is 5.69 Å². The number of carbonyl (C=O) groups excluding carboxylic acids is 1. The Morgan fingerprint density at radius 3 is 2.37 bits per heavy atom. The van der Waals surface area contributed by atoms with Crippen LogP contribution in [0.2, 0.25) is 0 Å². The van der Waals surface area contributed by atoms with Crippen molar-refractivity contribution < 1.29 is 13.2 Å². The zero-order chi connectivity index (χ0) is 21.3. The molecule has 4 rings (SSSR count). The molecular weight excluding hydrogens is 404 g/mol. The number of nitrogens with zero attached hydrogens (tertiary/aromatic N) is 4. The van der Waals surface area contributed by atoms with Crippen molar-refractivity contribution in [2.24, 2.45) is 5.73 Å². The van der Waals surface area contributed by atoms with Crippen molar-refractivity contribution in [3.05, 3.63) is 78.3 Å². The number of hydrogen-bond donors (Lipinski definition) is 2. The van der Waals surface area contributed by atoms with E-state index in [2.05, 4.69) is 9.82 Å². The van der Waals surface area contributed by atoms with Gasteiger partial charge in [-0.25, -0.2) is 13.1 Å². The van der Waals surface area contributed by atoms with E-state index >= 15 is 0 Å². The Hall–Kier alpha value is -4.10. The first-order valence-electron chi connectivity index (χ1n) is 8.85. The first-order valence-corrected chi connectivity index (χ1v) is 10.3. The van der Waals surface area contributed by atoms with Gasteiger partial charge in [-0.3, -0.25) is 14.4 Å². The number of rotatable bonds is 5. The summed E-state index contributed by atoms with van der Waals surface area (Å²) in [5.41, 5.74) is 7.14. The lowest BCUT2D eigenvalue weighted by molar-refractivity contribution is -0.116. The van der Waals surface area contributed by atoms with Crippen LogP contribution in [0.4, 0.5) is 11.5 Å². The van der Waals surface area contributed by atoms with E-state index in [9.17, 15) is 13.2 Å². The van der Waals surface area contributed by atoms with Gasteiger partial charge in [0.2, 0.25) is 5.91 Å². The summed E-state index contributed by atoms with van der Waals surface area (Å²) in [7, 11) is -3.91. The van der Waals surface area contributed by atoms with Gasteiger partial charge >= 0.3 is 0 Å². The third kappa shape index (κ3) is 3.38. The van der Waals surface area contributed by atoms with Crippen LogP contribution in [0.5, 0.6) is 0 Å². The minimum Gasteiger partial charge on any atom is -0.384 e. The Morgan fingerprint density at radius 1 is 1.03 bits per heavy atom. The fourth-order valence-corrected chi connectivity index (χ4v) is 4.14. The number of hydrogen-bond acceptors (Lipinski definition) is 6. The summed E-state index contributed by atoms with van der Waals surface area (Å²) in [6.07, 6.45) is 1.42. The monoisotopic (exact) mass is 420 g/mol. The van der Waals surface area contributed by atoms with E-state index in [1.54, 1.807) is 18.2 Å². The van der Waals surface area contributed by atoms with Gasteiger partial charge in [-0.1, -0.05) is 18.2 Å². The fraction of sp³-hybridized carbons (Fsp3) is 0.0500. The number of anilines is 2. The highest BCUT2D eigenvalue weighted by atomic mass is 32.2. The van der Waals surface area contributed by atoms with Crippen LogP contribution >= 0.6 is 0 Å². The van der Waals surface area contributed by atoms with E-state index < -0.39 is 10.0 Å². The number of nitriles is 1. The van der Waals surface area contributed by atoms with Crippen molar-refractivity contribution in [2.75, 3.05) is 9.62 Å². The smallest absolute Gasteiger partial charge is 0.263 e. The Balaban J connectivity index is 1.60. The highest BCUT2D eigenvalue weighted by Crippen LogP contribution is 2.28. The highest BCUT2D eigenvalue weighted by molar-refractivity contribution is 7.92. The normalized spacial score (nSPS) is 14.1. The molecule has 0 spiro atoms. The summed E-state index contributed by atoms with van der Waals surface area (Å²) < 4.78 is 29.7. The maximum atomic E-state index is 12.8. The third-order valence-electron chi connectivity index (χ3n) is 4.55.